The lowest BCUT2D eigenvalue weighted by Crippen LogP contribution is -2.52. The van der Waals surface area contributed by atoms with Crippen LogP contribution in [-0.2, 0) is 12.0 Å². The second kappa shape index (κ2) is 8.68. The van der Waals surface area contributed by atoms with Crippen molar-refractivity contribution in [2.24, 2.45) is 5.92 Å². The van der Waals surface area contributed by atoms with Crippen molar-refractivity contribution >= 4 is 11.6 Å². The van der Waals surface area contributed by atoms with Crippen molar-refractivity contribution in [3.63, 3.8) is 0 Å². The molecule has 1 aromatic carbocycles. The molecule has 4 nitrogen and oxygen atoms in total. The number of furan rings is 1. The number of hydrogen-bond acceptors (Lipinski definition) is 2. The summed E-state index contributed by atoms with van der Waals surface area (Å²) in [6, 6.07) is 12.2. The topological polar surface area (TPSA) is 54.3 Å². The van der Waals surface area contributed by atoms with Gasteiger partial charge in [-0.3, -0.25) is 0 Å². The number of allylic oxidation sites excluding steroid dienone is 1. The fourth-order valence-corrected chi connectivity index (χ4v) is 4.06. The van der Waals surface area contributed by atoms with E-state index in [-0.39, 0.29) is 12.1 Å². The second-order valence-corrected chi connectivity index (χ2v) is 8.52. The highest BCUT2D eigenvalue weighted by atomic mass is 16.3. The third kappa shape index (κ3) is 5.06. The van der Waals surface area contributed by atoms with Crippen LogP contribution in [0.3, 0.4) is 0 Å². The summed E-state index contributed by atoms with van der Waals surface area (Å²) in [5.74, 6) is 1.41. The molecule has 0 spiro atoms. The molecule has 150 valence electrons. The van der Waals surface area contributed by atoms with Crippen LogP contribution in [-0.4, -0.2) is 12.1 Å². The van der Waals surface area contributed by atoms with Crippen molar-refractivity contribution in [3.05, 3.63) is 66.1 Å². The third-order valence-electron chi connectivity index (χ3n) is 5.77. The van der Waals surface area contributed by atoms with E-state index >= 15 is 0 Å². The molecule has 0 bridgehead atoms. The smallest absolute Gasteiger partial charge is 0.315 e. The van der Waals surface area contributed by atoms with Crippen molar-refractivity contribution in [2.45, 2.75) is 64.5 Å². The Bertz CT molecular complexity index is 808. The lowest BCUT2D eigenvalue weighted by Gasteiger charge is -2.34. The predicted octanol–water partition coefficient (Wildman–Crippen LogP) is 5.65. The molecule has 4 heteroatoms. The van der Waals surface area contributed by atoms with Gasteiger partial charge in [-0.2, -0.15) is 0 Å². The first kappa shape index (κ1) is 20.2. The highest BCUT2D eigenvalue weighted by Gasteiger charge is 2.29. The summed E-state index contributed by atoms with van der Waals surface area (Å²) in [4.78, 5) is 12.8. The number of benzene rings is 1. The molecule has 0 unspecified atom stereocenters. The average Bonchev–Trinajstić information content (AvgIpc) is 3.16. The van der Waals surface area contributed by atoms with Crippen LogP contribution in [0.1, 0.15) is 63.3 Å². The Morgan fingerprint density at radius 2 is 2.00 bits per heavy atom. The van der Waals surface area contributed by atoms with Gasteiger partial charge in [-0.05, 0) is 68.9 Å². The minimum Gasteiger partial charge on any atom is -0.469 e. The molecule has 1 saturated carbocycles. The fourth-order valence-electron chi connectivity index (χ4n) is 4.06. The van der Waals surface area contributed by atoms with E-state index < -0.39 is 5.54 Å². The fraction of sp³-hybridized carbons (Fsp3) is 0.458. The van der Waals surface area contributed by atoms with Gasteiger partial charge in [0, 0.05) is 12.5 Å². The van der Waals surface area contributed by atoms with E-state index in [4.69, 9.17) is 4.42 Å². The van der Waals surface area contributed by atoms with Gasteiger partial charge in [0.1, 0.15) is 5.76 Å². The molecule has 2 aromatic rings. The summed E-state index contributed by atoms with van der Waals surface area (Å²) in [7, 11) is 0. The average molecular weight is 381 g/mol. The Labute approximate surface area is 168 Å². The normalized spacial score (nSPS) is 19.8. The van der Waals surface area contributed by atoms with Crippen molar-refractivity contribution in [2.75, 3.05) is 0 Å². The highest BCUT2D eigenvalue weighted by Crippen LogP contribution is 2.28. The van der Waals surface area contributed by atoms with E-state index in [2.05, 4.69) is 23.3 Å². The predicted molar refractivity (Wildman–Crippen MR) is 114 cm³/mol. The van der Waals surface area contributed by atoms with Gasteiger partial charge in [0.05, 0.1) is 11.8 Å². The van der Waals surface area contributed by atoms with E-state index in [9.17, 15) is 4.79 Å². The maximum absolute atomic E-state index is 12.8. The van der Waals surface area contributed by atoms with Crippen molar-refractivity contribution in [1.82, 2.24) is 10.6 Å². The van der Waals surface area contributed by atoms with Gasteiger partial charge in [0.2, 0.25) is 0 Å². The summed E-state index contributed by atoms with van der Waals surface area (Å²) in [6.07, 6.45) is 7.10. The molecule has 0 radical (unpaired) electrons. The molecule has 1 aromatic heterocycles. The molecule has 0 aliphatic heterocycles. The summed E-state index contributed by atoms with van der Waals surface area (Å²) in [5.41, 5.74) is 2.71. The van der Waals surface area contributed by atoms with Gasteiger partial charge >= 0.3 is 6.03 Å². The van der Waals surface area contributed by atoms with Crippen molar-refractivity contribution in [1.29, 1.82) is 0 Å². The molecule has 1 fully saturated rings. The summed E-state index contributed by atoms with van der Waals surface area (Å²) >= 11 is 0. The quantitative estimate of drug-likeness (QED) is 0.680. The first-order valence-electron chi connectivity index (χ1n) is 10.2. The molecule has 0 saturated heterocycles. The second-order valence-electron chi connectivity index (χ2n) is 8.52. The van der Waals surface area contributed by atoms with Crippen LogP contribution in [0.25, 0.3) is 5.57 Å². The molecule has 1 aliphatic carbocycles. The molecule has 1 aliphatic rings. The molecule has 3 rings (SSSR count). The van der Waals surface area contributed by atoms with Crippen LogP contribution in [0.2, 0.25) is 0 Å². The lowest BCUT2D eigenvalue weighted by atomic mass is 9.82. The van der Waals surface area contributed by atoms with E-state index in [1.165, 1.54) is 6.42 Å². The summed E-state index contributed by atoms with van der Waals surface area (Å²) in [6.45, 7) is 10.1. The zero-order valence-electron chi connectivity index (χ0n) is 17.3. The van der Waals surface area contributed by atoms with Crippen molar-refractivity contribution in [3.8, 4) is 0 Å². The van der Waals surface area contributed by atoms with Crippen molar-refractivity contribution < 1.29 is 9.21 Å². The first-order valence-corrected chi connectivity index (χ1v) is 10.2. The van der Waals surface area contributed by atoms with Crippen LogP contribution in [0.4, 0.5) is 4.79 Å². The summed E-state index contributed by atoms with van der Waals surface area (Å²) < 4.78 is 5.52. The van der Waals surface area contributed by atoms with Gasteiger partial charge < -0.3 is 15.1 Å². The van der Waals surface area contributed by atoms with E-state index in [0.29, 0.717) is 5.92 Å². The monoisotopic (exact) mass is 380 g/mol. The van der Waals surface area contributed by atoms with Gasteiger partial charge in [-0.1, -0.05) is 43.2 Å². The van der Waals surface area contributed by atoms with Gasteiger partial charge in [0.15, 0.2) is 0 Å². The molecule has 2 amide bonds. The Hall–Kier alpha value is -2.49. The zero-order valence-corrected chi connectivity index (χ0v) is 17.3. The number of amides is 2. The Morgan fingerprint density at radius 1 is 1.21 bits per heavy atom. The number of carbonyl (C=O) groups excluding carboxylic acids is 1. The molecular weight excluding hydrogens is 348 g/mol. The zero-order chi connectivity index (χ0) is 20.1. The lowest BCUT2D eigenvalue weighted by molar-refractivity contribution is 0.206. The molecule has 1 heterocycles. The van der Waals surface area contributed by atoms with Crippen LogP contribution in [0.15, 0.2) is 53.7 Å². The number of hydrogen-bond donors (Lipinski definition) is 2. The Morgan fingerprint density at radius 3 is 2.71 bits per heavy atom. The van der Waals surface area contributed by atoms with E-state index in [0.717, 1.165) is 48.1 Å². The molecular formula is C24H32N2O2. The molecule has 28 heavy (non-hydrogen) atoms. The summed E-state index contributed by atoms with van der Waals surface area (Å²) in [5, 5.41) is 6.40. The highest BCUT2D eigenvalue weighted by molar-refractivity contribution is 5.75. The minimum atomic E-state index is -0.472. The maximum atomic E-state index is 12.8. The maximum Gasteiger partial charge on any atom is 0.315 e. The molecule has 2 atom stereocenters. The van der Waals surface area contributed by atoms with Crippen LogP contribution >= 0.6 is 0 Å². The standard InChI is InChI=1S/C24H32N2O2/c1-17(2)18-10-7-11-20(15-18)24(3,4)26-23(27)25-22-13-6-5-9-19(22)16-21-12-8-14-28-21/h7-8,10-12,14-15,19,22H,1,5-6,9,13,16H2,2-4H3,(H2,25,26,27)/t19-,22+/m1/s1. The van der Waals surface area contributed by atoms with Gasteiger partial charge in [-0.25, -0.2) is 4.79 Å². The largest absolute Gasteiger partial charge is 0.469 e. The third-order valence-corrected chi connectivity index (χ3v) is 5.77. The number of nitrogens with one attached hydrogen (secondary N) is 2. The number of carbonyl (C=O) groups is 1. The SMILES string of the molecule is C=C(C)c1cccc(C(C)(C)NC(=O)N[C@H]2CCCC[C@@H]2Cc2ccco2)c1. The van der Waals surface area contributed by atoms with Crippen LogP contribution in [0, 0.1) is 5.92 Å². The van der Waals surface area contributed by atoms with Gasteiger partial charge in [0.25, 0.3) is 0 Å². The number of urea groups is 1. The minimum absolute atomic E-state index is 0.109. The Balaban J connectivity index is 1.64. The Kier molecular flexibility index (Phi) is 6.28. The first-order chi connectivity index (χ1) is 13.3. The van der Waals surface area contributed by atoms with E-state index in [1.54, 1.807) is 6.26 Å². The number of rotatable bonds is 6. The van der Waals surface area contributed by atoms with E-state index in [1.807, 2.05) is 51.1 Å². The molecule has 2 N–H and O–H groups in total. The van der Waals surface area contributed by atoms with Crippen LogP contribution in [0.5, 0.6) is 0 Å². The van der Waals surface area contributed by atoms with Crippen LogP contribution < -0.4 is 10.6 Å². The van der Waals surface area contributed by atoms with Gasteiger partial charge in [-0.15, -0.1) is 0 Å².